The number of anilines is 1. The summed E-state index contributed by atoms with van der Waals surface area (Å²) < 4.78 is 5.72. The molecule has 20 heavy (non-hydrogen) atoms. The standard InChI is InChI=1S/C13H19ClN4O2/c1-17(9-12(15)19)7-11-8-18(4-5-20-11)13-3-2-10(14)6-16-13/h2-3,6,11H,4-5,7-9H2,1H3,(H2,15,19)/t11-/m0/s1. The maximum Gasteiger partial charge on any atom is 0.231 e. The molecule has 7 heteroatoms. The summed E-state index contributed by atoms with van der Waals surface area (Å²) >= 11 is 5.84. The van der Waals surface area contributed by atoms with Gasteiger partial charge in [-0.1, -0.05) is 11.6 Å². The van der Waals surface area contributed by atoms with Gasteiger partial charge in [-0.25, -0.2) is 4.98 Å². The molecule has 0 aromatic carbocycles. The van der Waals surface area contributed by atoms with Crippen molar-refractivity contribution in [2.45, 2.75) is 6.10 Å². The number of aromatic nitrogens is 1. The van der Waals surface area contributed by atoms with Crippen LogP contribution >= 0.6 is 11.6 Å². The fraction of sp³-hybridized carbons (Fsp3) is 0.538. The fourth-order valence-electron chi connectivity index (χ4n) is 2.27. The Bertz CT molecular complexity index is 454. The van der Waals surface area contributed by atoms with Crippen LogP contribution in [-0.2, 0) is 9.53 Å². The van der Waals surface area contributed by atoms with Gasteiger partial charge in [0.15, 0.2) is 0 Å². The van der Waals surface area contributed by atoms with Crippen LogP contribution < -0.4 is 10.6 Å². The Morgan fingerprint density at radius 3 is 3.10 bits per heavy atom. The van der Waals surface area contributed by atoms with Crippen LogP contribution in [0.3, 0.4) is 0 Å². The van der Waals surface area contributed by atoms with Crippen molar-refractivity contribution >= 4 is 23.3 Å². The Kier molecular flexibility index (Phi) is 5.17. The van der Waals surface area contributed by atoms with Gasteiger partial charge in [-0.05, 0) is 19.2 Å². The minimum atomic E-state index is -0.334. The van der Waals surface area contributed by atoms with Crippen molar-refractivity contribution in [3.8, 4) is 0 Å². The summed E-state index contributed by atoms with van der Waals surface area (Å²) in [7, 11) is 1.85. The predicted octanol–water partition coefficient (Wildman–Crippen LogP) is 0.357. The minimum Gasteiger partial charge on any atom is -0.373 e. The van der Waals surface area contributed by atoms with E-state index in [1.54, 1.807) is 6.20 Å². The van der Waals surface area contributed by atoms with Crippen LogP contribution in [0.2, 0.25) is 5.02 Å². The average molecular weight is 299 g/mol. The number of morpholine rings is 1. The molecule has 1 amide bonds. The summed E-state index contributed by atoms with van der Waals surface area (Å²) in [6.45, 7) is 3.06. The molecule has 0 aliphatic carbocycles. The van der Waals surface area contributed by atoms with Gasteiger partial charge in [0.1, 0.15) is 5.82 Å². The quantitative estimate of drug-likeness (QED) is 0.850. The monoisotopic (exact) mass is 298 g/mol. The number of nitrogens with zero attached hydrogens (tertiary/aromatic N) is 3. The first-order chi connectivity index (χ1) is 9.54. The van der Waals surface area contributed by atoms with E-state index in [1.807, 2.05) is 24.1 Å². The van der Waals surface area contributed by atoms with Gasteiger partial charge in [0.05, 0.1) is 24.3 Å². The number of halogens is 1. The largest absolute Gasteiger partial charge is 0.373 e. The summed E-state index contributed by atoms with van der Waals surface area (Å²) in [6.07, 6.45) is 1.67. The number of likely N-dealkylation sites (N-methyl/N-ethyl adjacent to an activating group) is 1. The van der Waals surface area contributed by atoms with E-state index in [4.69, 9.17) is 22.1 Å². The zero-order valence-corrected chi connectivity index (χ0v) is 12.2. The first kappa shape index (κ1) is 15.0. The Morgan fingerprint density at radius 1 is 1.65 bits per heavy atom. The van der Waals surface area contributed by atoms with Gasteiger partial charge in [-0.3, -0.25) is 9.69 Å². The van der Waals surface area contributed by atoms with Crippen LogP contribution in [0.25, 0.3) is 0 Å². The minimum absolute atomic E-state index is 0.0329. The van der Waals surface area contributed by atoms with Crippen molar-refractivity contribution in [2.75, 3.05) is 44.7 Å². The third-order valence-electron chi connectivity index (χ3n) is 3.12. The Morgan fingerprint density at radius 2 is 2.45 bits per heavy atom. The Balaban J connectivity index is 1.91. The van der Waals surface area contributed by atoms with Gasteiger partial charge in [0, 0.05) is 25.8 Å². The second-order valence-electron chi connectivity index (χ2n) is 4.94. The zero-order chi connectivity index (χ0) is 14.5. The second-order valence-corrected chi connectivity index (χ2v) is 5.37. The molecular weight excluding hydrogens is 280 g/mol. The van der Waals surface area contributed by atoms with Crippen LogP contribution in [0.5, 0.6) is 0 Å². The molecule has 2 N–H and O–H groups in total. The SMILES string of the molecule is CN(CC(N)=O)C[C@H]1CN(c2ccc(Cl)cn2)CCO1. The molecule has 1 aromatic heterocycles. The van der Waals surface area contributed by atoms with E-state index in [0.717, 1.165) is 18.9 Å². The summed E-state index contributed by atoms with van der Waals surface area (Å²) in [5.41, 5.74) is 5.18. The van der Waals surface area contributed by atoms with Gasteiger partial charge in [-0.15, -0.1) is 0 Å². The lowest BCUT2D eigenvalue weighted by Crippen LogP contribution is -2.48. The molecule has 0 radical (unpaired) electrons. The van der Waals surface area contributed by atoms with E-state index in [1.165, 1.54) is 0 Å². The Labute approximate surface area is 123 Å². The molecule has 110 valence electrons. The van der Waals surface area contributed by atoms with E-state index in [9.17, 15) is 4.79 Å². The van der Waals surface area contributed by atoms with Crippen LogP contribution in [0.4, 0.5) is 5.82 Å². The fourth-order valence-corrected chi connectivity index (χ4v) is 2.38. The number of ether oxygens (including phenoxy) is 1. The van der Waals surface area contributed by atoms with Crippen molar-refractivity contribution < 1.29 is 9.53 Å². The predicted molar refractivity (Wildman–Crippen MR) is 77.9 cm³/mol. The maximum absolute atomic E-state index is 10.9. The van der Waals surface area contributed by atoms with Crippen LogP contribution in [-0.4, -0.2) is 61.7 Å². The molecule has 1 atom stereocenters. The highest BCUT2D eigenvalue weighted by Crippen LogP contribution is 2.17. The first-order valence-electron chi connectivity index (χ1n) is 6.49. The summed E-state index contributed by atoms with van der Waals surface area (Å²) in [5, 5.41) is 0.625. The second kappa shape index (κ2) is 6.88. The number of nitrogens with two attached hydrogens (primary N) is 1. The number of amides is 1. The first-order valence-corrected chi connectivity index (χ1v) is 6.87. The van der Waals surface area contributed by atoms with Crippen molar-refractivity contribution in [1.82, 2.24) is 9.88 Å². The lowest BCUT2D eigenvalue weighted by atomic mass is 10.2. The maximum atomic E-state index is 10.9. The number of carbonyl (C=O) groups excluding carboxylic acids is 1. The average Bonchev–Trinajstić information content (AvgIpc) is 2.38. The van der Waals surface area contributed by atoms with Crippen LogP contribution in [0.15, 0.2) is 18.3 Å². The van der Waals surface area contributed by atoms with Gasteiger partial charge in [0.25, 0.3) is 0 Å². The Hall–Kier alpha value is -1.37. The summed E-state index contributed by atoms with van der Waals surface area (Å²) in [5.74, 6) is 0.555. The highest BCUT2D eigenvalue weighted by molar-refractivity contribution is 6.30. The van der Waals surface area contributed by atoms with Crippen molar-refractivity contribution in [3.63, 3.8) is 0 Å². The third-order valence-corrected chi connectivity index (χ3v) is 3.34. The topological polar surface area (TPSA) is 71.7 Å². The molecule has 0 bridgehead atoms. The zero-order valence-electron chi connectivity index (χ0n) is 11.5. The van der Waals surface area contributed by atoms with Crippen molar-refractivity contribution in [2.24, 2.45) is 5.73 Å². The number of hydrogen-bond donors (Lipinski definition) is 1. The molecule has 0 spiro atoms. The number of carbonyl (C=O) groups is 1. The highest BCUT2D eigenvalue weighted by Gasteiger charge is 2.22. The highest BCUT2D eigenvalue weighted by atomic mass is 35.5. The van der Waals surface area contributed by atoms with Gasteiger partial charge in [0.2, 0.25) is 5.91 Å². The van der Waals surface area contributed by atoms with Gasteiger partial charge < -0.3 is 15.4 Å². The molecule has 0 unspecified atom stereocenters. The van der Waals surface area contributed by atoms with Gasteiger partial charge >= 0.3 is 0 Å². The number of hydrogen-bond acceptors (Lipinski definition) is 5. The third kappa shape index (κ3) is 4.33. The van der Waals surface area contributed by atoms with E-state index < -0.39 is 0 Å². The van der Waals surface area contributed by atoms with E-state index >= 15 is 0 Å². The molecule has 1 aromatic rings. The molecule has 6 nitrogen and oxygen atoms in total. The molecule has 1 fully saturated rings. The van der Waals surface area contributed by atoms with E-state index in [2.05, 4.69) is 9.88 Å². The lowest BCUT2D eigenvalue weighted by molar-refractivity contribution is -0.119. The molecule has 2 rings (SSSR count). The number of primary amides is 1. The molecule has 1 aliphatic heterocycles. The number of rotatable bonds is 5. The van der Waals surface area contributed by atoms with E-state index in [0.29, 0.717) is 18.2 Å². The lowest BCUT2D eigenvalue weighted by Gasteiger charge is -2.35. The molecule has 1 aliphatic rings. The smallest absolute Gasteiger partial charge is 0.231 e. The van der Waals surface area contributed by atoms with Crippen molar-refractivity contribution in [3.05, 3.63) is 23.4 Å². The molecule has 0 saturated carbocycles. The van der Waals surface area contributed by atoms with Crippen molar-refractivity contribution in [1.29, 1.82) is 0 Å². The summed E-state index contributed by atoms with van der Waals surface area (Å²) in [4.78, 5) is 19.2. The number of pyridine rings is 1. The molecule has 1 saturated heterocycles. The summed E-state index contributed by atoms with van der Waals surface area (Å²) in [6, 6.07) is 3.73. The normalized spacial score (nSPS) is 19.4. The molecule has 2 heterocycles. The van der Waals surface area contributed by atoms with Gasteiger partial charge in [-0.2, -0.15) is 0 Å². The van der Waals surface area contributed by atoms with Crippen LogP contribution in [0, 0.1) is 0 Å². The molecular formula is C13H19ClN4O2. The van der Waals surface area contributed by atoms with E-state index in [-0.39, 0.29) is 18.6 Å². The van der Waals surface area contributed by atoms with Crippen LogP contribution in [0.1, 0.15) is 0 Å².